The average Bonchev–Trinajstić information content (AvgIpc) is 3.19. The van der Waals surface area contributed by atoms with Crippen LogP contribution in [0.15, 0.2) is 53.6 Å². The number of nitrogens with zero attached hydrogens (tertiary/aromatic N) is 2. The maximum absolute atomic E-state index is 13.1. The van der Waals surface area contributed by atoms with Gasteiger partial charge in [-0.3, -0.25) is 9.59 Å². The summed E-state index contributed by atoms with van der Waals surface area (Å²) in [6.07, 6.45) is 2.01. The number of ether oxygens (including phenoxy) is 3. The maximum Gasteiger partial charge on any atom is 0.242 e. The van der Waals surface area contributed by atoms with Crippen molar-refractivity contribution in [3.8, 4) is 11.5 Å². The van der Waals surface area contributed by atoms with Crippen LogP contribution in [0, 0.1) is 0 Å². The minimum Gasteiger partial charge on any atom is -0.497 e. The van der Waals surface area contributed by atoms with E-state index < -0.39 is 0 Å². The molecule has 1 fully saturated rings. The van der Waals surface area contributed by atoms with Gasteiger partial charge in [0, 0.05) is 41.2 Å². The molecule has 1 saturated heterocycles. The molecule has 0 spiro atoms. The quantitative estimate of drug-likeness (QED) is 0.474. The number of anilines is 1. The van der Waals surface area contributed by atoms with E-state index in [4.69, 9.17) is 14.2 Å². The Morgan fingerprint density at radius 2 is 1.83 bits per heavy atom. The molecule has 4 rings (SSSR count). The molecule has 1 aliphatic heterocycles. The smallest absolute Gasteiger partial charge is 0.242 e. The number of methoxy groups -OCH3 is 2. The summed E-state index contributed by atoms with van der Waals surface area (Å²) in [6, 6.07) is 13.2. The normalized spacial score (nSPS) is 17.9. The highest BCUT2D eigenvalue weighted by molar-refractivity contribution is 8.00. The van der Waals surface area contributed by atoms with Crippen molar-refractivity contribution in [1.82, 2.24) is 9.47 Å². The third kappa shape index (κ3) is 5.91. The fourth-order valence-electron chi connectivity index (χ4n) is 4.33. The van der Waals surface area contributed by atoms with Crippen LogP contribution in [0.2, 0.25) is 0 Å². The summed E-state index contributed by atoms with van der Waals surface area (Å²) in [4.78, 5) is 28.6. The van der Waals surface area contributed by atoms with Gasteiger partial charge in [0.05, 0.1) is 37.9 Å². The van der Waals surface area contributed by atoms with Crippen molar-refractivity contribution in [3.05, 3.63) is 48.7 Å². The topological polar surface area (TPSA) is 82.0 Å². The predicted molar refractivity (Wildman–Crippen MR) is 137 cm³/mol. The molecule has 9 heteroatoms. The van der Waals surface area contributed by atoms with Crippen LogP contribution in [0.1, 0.15) is 13.8 Å². The Morgan fingerprint density at radius 1 is 1.09 bits per heavy atom. The molecule has 35 heavy (non-hydrogen) atoms. The zero-order valence-corrected chi connectivity index (χ0v) is 21.3. The van der Waals surface area contributed by atoms with Crippen molar-refractivity contribution in [2.75, 3.05) is 38.4 Å². The van der Waals surface area contributed by atoms with Gasteiger partial charge in [0.1, 0.15) is 18.0 Å². The Hall–Kier alpha value is -3.17. The molecular formula is C26H31N3O5S. The lowest BCUT2D eigenvalue weighted by Gasteiger charge is -2.35. The van der Waals surface area contributed by atoms with Crippen molar-refractivity contribution in [2.24, 2.45) is 0 Å². The van der Waals surface area contributed by atoms with E-state index in [0.29, 0.717) is 30.3 Å². The van der Waals surface area contributed by atoms with Crippen LogP contribution >= 0.6 is 11.8 Å². The summed E-state index contributed by atoms with van der Waals surface area (Å²) >= 11 is 1.44. The second-order valence-corrected chi connectivity index (χ2v) is 9.61. The average molecular weight is 498 g/mol. The number of aromatic nitrogens is 1. The first-order valence-corrected chi connectivity index (χ1v) is 12.5. The summed E-state index contributed by atoms with van der Waals surface area (Å²) in [6.45, 7) is 5.41. The Morgan fingerprint density at radius 3 is 2.54 bits per heavy atom. The molecule has 0 unspecified atom stereocenters. The molecule has 1 aromatic heterocycles. The minimum absolute atomic E-state index is 0.0249. The molecule has 0 saturated carbocycles. The van der Waals surface area contributed by atoms with E-state index >= 15 is 0 Å². The largest absolute Gasteiger partial charge is 0.497 e. The van der Waals surface area contributed by atoms with Gasteiger partial charge >= 0.3 is 0 Å². The number of amides is 2. The standard InChI is InChI=1S/C26H31N3O5S/c1-17-12-29(13-18(2)34-17)26(31)15-28-14-24(20-7-5-6-8-22(20)28)35-16-25(30)27-21-11-19(32-3)9-10-23(21)33-4/h5-11,14,17-18H,12-13,15-16H2,1-4H3,(H,27,30)/t17-,18-/m0/s1. The van der Waals surface area contributed by atoms with Crippen LogP contribution in [-0.2, 0) is 20.9 Å². The number of fused-ring (bicyclic) bond motifs is 1. The Kier molecular flexibility index (Phi) is 7.87. The van der Waals surface area contributed by atoms with Crippen molar-refractivity contribution in [2.45, 2.75) is 37.5 Å². The number of hydrogen-bond donors (Lipinski definition) is 1. The van der Waals surface area contributed by atoms with Gasteiger partial charge in [0.2, 0.25) is 11.8 Å². The number of morpholine rings is 1. The lowest BCUT2D eigenvalue weighted by atomic mass is 10.2. The van der Waals surface area contributed by atoms with Gasteiger partial charge in [-0.25, -0.2) is 0 Å². The van der Waals surface area contributed by atoms with Crippen molar-refractivity contribution >= 4 is 40.2 Å². The van der Waals surface area contributed by atoms with E-state index in [-0.39, 0.29) is 36.3 Å². The fourth-order valence-corrected chi connectivity index (χ4v) is 5.22. The first-order valence-electron chi connectivity index (χ1n) is 11.5. The number of nitrogens with one attached hydrogen (secondary N) is 1. The molecule has 2 amide bonds. The number of hydrogen-bond acceptors (Lipinski definition) is 6. The van der Waals surface area contributed by atoms with Crippen molar-refractivity contribution in [3.63, 3.8) is 0 Å². The van der Waals surface area contributed by atoms with Gasteiger partial charge < -0.3 is 29.0 Å². The third-order valence-electron chi connectivity index (χ3n) is 5.87. The van der Waals surface area contributed by atoms with E-state index in [1.165, 1.54) is 11.8 Å². The third-order valence-corrected chi connectivity index (χ3v) is 6.91. The molecule has 0 bridgehead atoms. The van der Waals surface area contributed by atoms with Crippen LogP contribution in [-0.4, -0.2) is 66.6 Å². The molecule has 8 nitrogen and oxygen atoms in total. The molecule has 3 aromatic rings. The zero-order chi connectivity index (χ0) is 24.9. The molecule has 1 N–H and O–H groups in total. The zero-order valence-electron chi connectivity index (χ0n) is 20.4. The maximum atomic E-state index is 13.1. The summed E-state index contributed by atoms with van der Waals surface area (Å²) in [7, 11) is 3.13. The van der Waals surface area contributed by atoms with E-state index in [1.807, 2.05) is 53.8 Å². The molecular weight excluding hydrogens is 466 g/mol. The van der Waals surface area contributed by atoms with Gasteiger partial charge in [-0.2, -0.15) is 0 Å². The first kappa shape index (κ1) is 24.9. The van der Waals surface area contributed by atoms with Crippen LogP contribution in [0.25, 0.3) is 10.9 Å². The Bertz CT molecular complexity index is 1200. The summed E-state index contributed by atoms with van der Waals surface area (Å²) < 4.78 is 18.3. The van der Waals surface area contributed by atoms with E-state index in [2.05, 4.69) is 5.32 Å². The number of para-hydroxylation sites is 1. The molecule has 186 valence electrons. The molecule has 2 aromatic carbocycles. The molecule has 1 aliphatic rings. The second-order valence-electron chi connectivity index (χ2n) is 8.60. The van der Waals surface area contributed by atoms with Gasteiger partial charge in [-0.1, -0.05) is 18.2 Å². The monoisotopic (exact) mass is 497 g/mol. The number of carbonyl (C=O) groups excluding carboxylic acids is 2. The Labute approximate surface area is 209 Å². The van der Waals surface area contributed by atoms with Crippen LogP contribution < -0.4 is 14.8 Å². The van der Waals surface area contributed by atoms with E-state index in [1.54, 1.807) is 32.4 Å². The van der Waals surface area contributed by atoms with Gasteiger partial charge in [0.25, 0.3) is 0 Å². The number of benzene rings is 2. The molecule has 2 heterocycles. The lowest BCUT2D eigenvalue weighted by Crippen LogP contribution is -2.49. The first-order chi connectivity index (χ1) is 16.9. The number of thioether (sulfide) groups is 1. The molecule has 0 radical (unpaired) electrons. The highest BCUT2D eigenvalue weighted by Gasteiger charge is 2.26. The molecule has 0 aliphatic carbocycles. The summed E-state index contributed by atoms with van der Waals surface area (Å²) in [5.74, 6) is 1.30. The van der Waals surface area contributed by atoms with Crippen LogP contribution in [0.3, 0.4) is 0 Å². The Balaban J connectivity index is 1.46. The van der Waals surface area contributed by atoms with Crippen molar-refractivity contribution < 1.29 is 23.8 Å². The van der Waals surface area contributed by atoms with Gasteiger partial charge in [0.15, 0.2) is 0 Å². The minimum atomic E-state index is -0.161. The highest BCUT2D eigenvalue weighted by atomic mass is 32.2. The van der Waals surface area contributed by atoms with Gasteiger partial charge in [-0.05, 0) is 32.0 Å². The highest BCUT2D eigenvalue weighted by Crippen LogP contribution is 2.32. The van der Waals surface area contributed by atoms with Gasteiger partial charge in [-0.15, -0.1) is 11.8 Å². The predicted octanol–water partition coefficient (Wildman–Crippen LogP) is 4.03. The van der Waals surface area contributed by atoms with Crippen LogP contribution in [0.4, 0.5) is 5.69 Å². The molecule has 2 atom stereocenters. The SMILES string of the molecule is COc1ccc(OC)c(NC(=O)CSc2cn(CC(=O)N3C[C@H](C)O[C@@H](C)C3)c3ccccc23)c1. The second kappa shape index (κ2) is 11.0. The van der Waals surface area contributed by atoms with Crippen LogP contribution in [0.5, 0.6) is 11.5 Å². The fraction of sp³-hybridized carbons (Fsp3) is 0.385. The van der Waals surface area contributed by atoms with E-state index in [0.717, 1.165) is 15.8 Å². The number of rotatable bonds is 8. The van der Waals surface area contributed by atoms with E-state index in [9.17, 15) is 9.59 Å². The van der Waals surface area contributed by atoms with Crippen molar-refractivity contribution in [1.29, 1.82) is 0 Å². The summed E-state index contributed by atoms with van der Waals surface area (Å²) in [5, 5.41) is 3.92. The number of carbonyl (C=O) groups is 2. The lowest BCUT2D eigenvalue weighted by molar-refractivity contribution is -0.143. The summed E-state index contributed by atoms with van der Waals surface area (Å²) in [5.41, 5.74) is 1.52.